The predicted molar refractivity (Wildman–Crippen MR) is 197 cm³/mol. The van der Waals surface area contributed by atoms with Crippen molar-refractivity contribution in [3.8, 4) is 17.0 Å². The van der Waals surface area contributed by atoms with Crippen LogP contribution in [0, 0.1) is 19.3 Å². The van der Waals surface area contributed by atoms with Crippen LogP contribution in [0.3, 0.4) is 0 Å². The highest BCUT2D eigenvalue weighted by molar-refractivity contribution is 7.89. The number of sulfonamides is 1. The monoisotopic (exact) mass is 722 g/mol. The maximum atomic E-state index is 15.1. The highest BCUT2D eigenvalue weighted by Gasteiger charge is 2.65. The number of likely N-dealkylation sites (tertiary alicyclic amines) is 1. The van der Waals surface area contributed by atoms with Gasteiger partial charge in [-0.2, -0.15) is 8.42 Å². The summed E-state index contributed by atoms with van der Waals surface area (Å²) in [5, 5.41) is 0.628. The van der Waals surface area contributed by atoms with Gasteiger partial charge in [-0.3, -0.25) is 9.59 Å². The molecule has 4 atom stereocenters. The summed E-state index contributed by atoms with van der Waals surface area (Å²) in [5.41, 5.74) is 6.12. The number of methoxy groups -OCH3 is 1. The van der Waals surface area contributed by atoms with Gasteiger partial charge in [-0.1, -0.05) is 25.3 Å². The Morgan fingerprint density at radius 2 is 1.63 bits per heavy atom. The number of nitrogens with zero attached hydrogens (tertiary/aromatic N) is 5. The van der Waals surface area contributed by atoms with E-state index in [0.717, 1.165) is 91.5 Å². The minimum Gasteiger partial charge on any atom is -0.497 e. The molecule has 2 bridgehead atoms. The van der Waals surface area contributed by atoms with Gasteiger partial charge in [0.1, 0.15) is 5.75 Å². The topological polar surface area (TPSA) is 127 Å². The Balaban J connectivity index is 1.20. The molecule has 3 aliphatic heterocycles. The normalized spacial score (nSPS) is 25.6. The van der Waals surface area contributed by atoms with Gasteiger partial charge in [0.25, 0.3) is 21.1 Å². The van der Waals surface area contributed by atoms with Crippen LogP contribution >= 0.6 is 0 Å². The predicted octanol–water partition coefficient (Wildman–Crippen LogP) is 5.68. The SMILES string of the molecule is COc1ccc2c(c1)C1CC1(C(=O)N1C3CCC1CN(C)C3)Cn1c-2c(C2CCCCC2)c2ccc(C(=O)NS(=O)(=O)c3nc(C)cc(C)n3)cc21. The molecule has 1 N–H and O–H groups in total. The van der Waals surface area contributed by atoms with E-state index in [0.29, 0.717) is 23.9 Å². The number of likely N-dealkylation sites (N-methyl/N-ethyl adjacent to an activating group) is 1. The highest BCUT2D eigenvalue weighted by Crippen LogP contribution is 2.66. The number of nitrogens with one attached hydrogen (secondary N) is 1. The van der Waals surface area contributed by atoms with E-state index in [1.54, 1.807) is 33.1 Å². The number of ether oxygens (including phenoxy) is 1. The lowest BCUT2D eigenvalue weighted by Gasteiger charge is -2.41. The molecule has 5 heterocycles. The van der Waals surface area contributed by atoms with Gasteiger partial charge in [0.05, 0.1) is 18.2 Å². The summed E-state index contributed by atoms with van der Waals surface area (Å²) >= 11 is 0. The number of carbonyl (C=O) groups is 2. The lowest BCUT2D eigenvalue weighted by Crippen LogP contribution is -2.57. The van der Waals surface area contributed by atoms with Gasteiger partial charge in [0.15, 0.2) is 0 Å². The van der Waals surface area contributed by atoms with E-state index in [1.165, 1.54) is 12.0 Å². The van der Waals surface area contributed by atoms with E-state index in [9.17, 15) is 13.2 Å². The number of piperazine rings is 1. The van der Waals surface area contributed by atoms with E-state index >= 15 is 4.79 Å². The van der Waals surface area contributed by atoms with Crippen LogP contribution in [0.5, 0.6) is 5.75 Å². The maximum Gasteiger partial charge on any atom is 0.300 e. The second-order valence-corrected chi connectivity index (χ2v) is 17.5. The Bertz CT molecular complexity index is 2230. The van der Waals surface area contributed by atoms with Crippen LogP contribution in [0.4, 0.5) is 0 Å². The van der Waals surface area contributed by atoms with Crippen molar-refractivity contribution in [2.75, 3.05) is 27.2 Å². The molecule has 4 aromatic rings. The molecule has 0 radical (unpaired) electrons. The molecule has 4 fully saturated rings. The van der Waals surface area contributed by atoms with Crippen LogP contribution in [0.25, 0.3) is 22.2 Å². The minimum absolute atomic E-state index is 0.0488. The van der Waals surface area contributed by atoms with Crippen LogP contribution in [0.2, 0.25) is 0 Å². The first-order chi connectivity index (χ1) is 25.0. The zero-order valence-electron chi connectivity index (χ0n) is 30.3. The molecule has 52 heavy (non-hydrogen) atoms. The van der Waals surface area contributed by atoms with E-state index in [4.69, 9.17) is 4.74 Å². The Kier molecular flexibility index (Phi) is 7.82. The van der Waals surface area contributed by atoms with Gasteiger partial charge in [-0.15, -0.1) is 0 Å². The average molecular weight is 723 g/mol. The van der Waals surface area contributed by atoms with Crippen LogP contribution in [-0.4, -0.2) is 83.9 Å². The summed E-state index contributed by atoms with van der Waals surface area (Å²) in [6.07, 6.45) is 8.50. The molecular weight excluding hydrogens is 677 g/mol. The molecule has 0 spiro atoms. The molecule has 4 unspecified atom stereocenters. The van der Waals surface area contributed by atoms with Crippen molar-refractivity contribution in [3.63, 3.8) is 0 Å². The third-order valence-corrected chi connectivity index (χ3v) is 13.7. The standard InChI is InChI=1S/C40H46N6O5S/c1-23-16-24(2)42-39(41-23)52(49,50)43-37(47)26-10-14-31-34(17-26)45-22-40(38(48)46-27-11-12-28(46)21-44(3)20-27)19-33(40)32-18-29(51-4)13-15-30(32)36(45)35(31)25-8-6-5-7-9-25/h10,13-18,25,27-28,33H,5-9,11-12,19-22H2,1-4H3,(H,43,47). The van der Waals surface area contributed by atoms with E-state index < -0.39 is 26.5 Å². The first-order valence-electron chi connectivity index (χ1n) is 18.7. The smallest absolute Gasteiger partial charge is 0.300 e. The van der Waals surface area contributed by atoms with Crippen molar-refractivity contribution in [1.29, 1.82) is 0 Å². The fraction of sp³-hybridized carbons (Fsp3) is 0.500. The second-order valence-electron chi connectivity index (χ2n) is 16.0. The first kappa shape index (κ1) is 33.5. The van der Waals surface area contributed by atoms with Gasteiger partial charge in [0.2, 0.25) is 5.91 Å². The number of carbonyl (C=O) groups excluding carboxylic acids is 2. The first-order valence-corrected chi connectivity index (χ1v) is 20.2. The Labute approximate surface area is 304 Å². The lowest BCUT2D eigenvalue weighted by molar-refractivity contribution is -0.143. The van der Waals surface area contributed by atoms with Crippen molar-refractivity contribution in [2.45, 2.75) is 101 Å². The largest absolute Gasteiger partial charge is 0.497 e. The summed E-state index contributed by atoms with van der Waals surface area (Å²) in [6, 6.07) is 14.0. The van der Waals surface area contributed by atoms with Crippen molar-refractivity contribution < 1.29 is 22.7 Å². The Hall–Kier alpha value is -4.29. The number of rotatable bonds is 6. The molecule has 2 saturated carbocycles. The fourth-order valence-electron chi connectivity index (χ4n) is 10.2. The zero-order valence-corrected chi connectivity index (χ0v) is 31.1. The van der Waals surface area contributed by atoms with Gasteiger partial charge >= 0.3 is 0 Å². The molecule has 2 aliphatic carbocycles. The van der Waals surface area contributed by atoms with E-state index in [1.807, 2.05) is 18.2 Å². The molecule has 9 rings (SSSR count). The van der Waals surface area contributed by atoms with Crippen molar-refractivity contribution in [2.24, 2.45) is 5.41 Å². The Morgan fingerprint density at radius 3 is 2.33 bits per heavy atom. The van der Waals surface area contributed by atoms with Crippen molar-refractivity contribution in [3.05, 3.63) is 70.5 Å². The molecule has 2 amide bonds. The summed E-state index contributed by atoms with van der Waals surface area (Å²) < 4.78 is 37.0. The van der Waals surface area contributed by atoms with E-state index in [-0.39, 0.29) is 29.5 Å². The van der Waals surface area contributed by atoms with Crippen molar-refractivity contribution in [1.82, 2.24) is 29.1 Å². The third-order valence-electron chi connectivity index (χ3n) is 12.5. The third kappa shape index (κ3) is 5.27. The van der Waals surface area contributed by atoms with Crippen LogP contribution in [0.15, 0.2) is 47.6 Å². The molecule has 11 nitrogen and oxygen atoms in total. The number of hydrogen-bond acceptors (Lipinski definition) is 8. The summed E-state index contributed by atoms with van der Waals surface area (Å²) in [4.78, 5) is 41.6. The number of amides is 2. The molecule has 5 aliphatic rings. The number of benzene rings is 2. The van der Waals surface area contributed by atoms with Crippen LogP contribution in [0.1, 0.15) is 96.1 Å². The Morgan fingerprint density at radius 1 is 0.923 bits per heavy atom. The molecule has 12 heteroatoms. The summed E-state index contributed by atoms with van der Waals surface area (Å²) in [5.74, 6) is 0.659. The molecule has 2 aromatic heterocycles. The fourth-order valence-corrected chi connectivity index (χ4v) is 11.1. The van der Waals surface area contributed by atoms with E-state index in [2.05, 4.69) is 48.2 Å². The number of aryl methyl sites for hydroxylation is 2. The molecular formula is C40H46N6O5S. The minimum atomic E-state index is -4.33. The quantitative estimate of drug-likeness (QED) is 0.252. The maximum absolute atomic E-state index is 15.1. The summed E-state index contributed by atoms with van der Waals surface area (Å²) in [6.45, 7) is 5.67. The van der Waals surface area contributed by atoms with Gasteiger partial charge < -0.3 is 19.1 Å². The van der Waals surface area contributed by atoms with Crippen LogP contribution in [-0.2, 0) is 21.4 Å². The number of fused-ring (bicyclic) bond motifs is 9. The van der Waals surface area contributed by atoms with Crippen molar-refractivity contribution >= 4 is 32.7 Å². The van der Waals surface area contributed by atoms with Crippen LogP contribution < -0.4 is 9.46 Å². The second kappa shape index (κ2) is 12.1. The zero-order chi connectivity index (χ0) is 36.1. The van der Waals surface area contributed by atoms with Gasteiger partial charge in [-0.05, 0) is 106 Å². The lowest BCUT2D eigenvalue weighted by atomic mass is 9.81. The molecule has 2 aromatic carbocycles. The highest BCUT2D eigenvalue weighted by atomic mass is 32.2. The number of aromatic nitrogens is 3. The van der Waals surface area contributed by atoms with Gasteiger partial charge in [0, 0.05) is 71.1 Å². The average Bonchev–Trinajstić information content (AvgIpc) is 3.71. The summed E-state index contributed by atoms with van der Waals surface area (Å²) in [7, 11) is -0.485. The molecule has 272 valence electrons. The molecule has 2 saturated heterocycles. The van der Waals surface area contributed by atoms with Gasteiger partial charge in [-0.25, -0.2) is 14.7 Å². The number of hydrogen-bond donors (Lipinski definition) is 1.